The molecule has 0 bridgehead atoms. The van der Waals surface area contributed by atoms with Gasteiger partial charge in [0, 0.05) is 0 Å². The van der Waals surface area contributed by atoms with E-state index in [0.717, 1.165) is 6.26 Å². The van der Waals surface area contributed by atoms with E-state index >= 15 is 0 Å². The van der Waals surface area contributed by atoms with Gasteiger partial charge in [0.05, 0.1) is 6.26 Å². The van der Waals surface area contributed by atoms with Crippen LogP contribution in [0, 0.1) is 6.92 Å². The zero-order valence-electron chi connectivity index (χ0n) is 10.7. The predicted molar refractivity (Wildman–Crippen MR) is 72.2 cm³/mol. The monoisotopic (exact) mass is 282 g/mol. The predicted octanol–water partition coefficient (Wildman–Crippen LogP) is -0.639. The minimum Gasteiger partial charge on any atom is -0.508 e. The molecule has 1 amide bonds. The summed E-state index contributed by atoms with van der Waals surface area (Å²) in [5, 5.41) is 11.3. The lowest BCUT2D eigenvalue weighted by molar-refractivity contribution is -0.121. The first-order valence-electron chi connectivity index (χ1n) is 5.49. The van der Waals surface area contributed by atoms with Crippen molar-refractivity contribution in [3.8, 4) is 5.75 Å². The molecule has 0 saturated heterocycles. The SMILES string of the molecule is [B]NC(=O)[C@H](Cc1ccc(O)c(C)c1)NS(C)(=O)=O. The Kier molecular flexibility index (Phi) is 4.96. The third-order valence-corrected chi connectivity index (χ3v) is 3.23. The normalized spacial score (nSPS) is 12.9. The number of carbonyl (C=O) groups is 1. The molecule has 0 unspecified atom stereocenters. The second kappa shape index (κ2) is 6.07. The van der Waals surface area contributed by atoms with Gasteiger partial charge in [-0.25, -0.2) is 13.1 Å². The lowest BCUT2D eigenvalue weighted by atomic mass is 10.0. The van der Waals surface area contributed by atoms with Crippen molar-refractivity contribution in [1.29, 1.82) is 0 Å². The van der Waals surface area contributed by atoms with E-state index in [2.05, 4.69) is 4.72 Å². The topological polar surface area (TPSA) is 95.5 Å². The number of phenolic OH excluding ortho intramolecular Hbond substituents is 1. The quantitative estimate of drug-likeness (QED) is 0.626. The molecule has 0 saturated carbocycles. The van der Waals surface area contributed by atoms with E-state index in [-0.39, 0.29) is 12.2 Å². The number of phenols is 1. The van der Waals surface area contributed by atoms with E-state index in [4.69, 9.17) is 7.98 Å². The van der Waals surface area contributed by atoms with Gasteiger partial charge < -0.3 is 10.3 Å². The summed E-state index contributed by atoms with van der Waals surface area (Å²) >= 11 is 0. The van der Waals surface area contributed by atoms with Crippen LogP contribution in [0.3, 0.4) is 0 Å². The van der Waals surface area contributed by atoms with E-state index in [9.17, 15) is 18.3 Å². The molecule has 0 aliphatic carbocycles. The highest BCUT2D eigenvalue weighted by atomic mass is 32.2. The third-order valence-electron chi connectivity index (χ3n) is 2.52. The maximum absolute atomic E-state index is 11.5. The first-order chi connectivity index (χ1) is 8.73. The average molecular weight is 282 g/mol. The van der Waals surface area contributed by atoms with Crippen molar-refractivity contribution in [2.45, 2.75) is 19.4 Å². The van der Waals surface area contributed by atoms with Crippen LogP contribution in [0.4, 0.5) is 0 Å². The Morgan fingerprint density at radius 2 is 2.11 bits per heavy atom. The number of hydrogen-bond donors (Lipinski definition) is 3. The molecule has 0 aromatic heterocycles. The van der Waals surface area contributed by atoms with Crippen LogP contribution in [0.2, 0.25) is 0 Å². The Labute approximate surface area is 113 Å². The molecule has 1 rings (SSSR count). The van der Waals surface area contributed by atoms with Crippen LogP contribution in [0.25, 0.3) is 0 Å². The van der Waals surface area contributed by atoms with Gasteiger partial charge in [0.2, 0.25) is 23.9 Å². The summed E-state index contributed by atoms with van der Waals surface area (Å²) in [6.45, 7) is 1.71. The summed E-state index contributed by atoms with van der Waals surface area (Å²) in [5.41, 5.74) is 1.35. The van der Waals surface area contributed by atoms with Crippen LogP contribution in [0.5, 0.6) is 5.75 Å². The van der Waals surface area contributed by atoms with Gasteiger partial charge in [-0.15, -0.1) is 0 Å². The molecule has 19 heavy (non-hydrogen) atoms. The molecular weight excluding hydrogens is 267 g/mol. The van der Waals surface area contributed by atoms with Gasteiger partial charge in [-0.2, -0.15) is 0 Å². The Bertz CT molecular complexity index is 574. The van der Waals surface area contributed by atoms with Crippen molar-refractivity contribution in [2.75, 3.05) is 6.26 Å². The summed E-state index contributed by atoms with van der Waals surface area (Å²) in [5.74, 6) is -0.490. The molecule has 102 valence electrons. The first kappa shape index (κ1) is 15.5. The van der Waals surface area contributed by atoms with Gasteiger partial charge in [-0.05, 0) is 30.5 Å². The molecule has 0 spiro atoms. The second-order valence-electron chi connectivity index (χ2n) is 4.28. The van der Waals surface area contributed by atoms with Crippen LogP contribution >= 0.6 is 0 Å². The van der Waals surface area contributed by atoms with Crippen LogP contribution in [-0.2, 0) is 21.2 Å². The fraction of sp³-hybridized carbons (Fsp3) is 0.364. The van der Waals surface area contributed by atoms with Gasteiger partial charge in [0.1, 0.15) is 11.8 Å². The summed E-state index contributed by atoms with van der Waals surface area (Å²) in [6, 6.07) is 3.78. The van der Waals surface area contributed by atoms with Crippen molar-refractivity contribution < 1.29 is 18.3 Å². The van der Waals surface area contributed by atoms with E-state index in [1.54, 1.807) is 19.1 Å². The molecular formula is C11H15BN2O4S. The van der Waals surface area contributed by atoms with Gasteiger partial charge in [0.15, 0.2) is 0 Å². The van der Waals surface area contributed by atoms with Gasteiger partial charge >= 0.3 is 0 Å². The highest BCUT2D eigenvalue weighted by Crippen LogP contribution is 2.18. The number of hydrogen-bond acceptors (Lipinski definition) is 4. The standard InChI is InChI=1S/C11H15BN2O4S/c1-7-5-8(3-4-10(7)15)6-9(11(16)13-12)14-19(2,17)18/h3-5,9,14-15H,6H2,1-2H3,(H,13,16)/t9-/m0/s1. The number of aromatic hydroxyl groups is 1. The molecule has 6 nitrogen and oxygen atoms in total. The molecule has 0 fully saturated rings. The molecule has 2 radical (unpaired) electrons. The molecule has 1 aromatic carbocycles. The lowest BCUT2D eigenvalue weighted by Crippen LogP contribution is -2.46. The number of rotatable bonds is 5. The fourth-order valence-corrected chi connectivity index (χ4v) is 2.33. The first-order valence-corrected chi connectivity index (χ1v) is 7.38. The summed E-state index contributed by atoms with van der Waals surface area (Å²) in [7, 11) is 1.49. The minimum absolute atomic E-state index is 0.136. The molecule has 0 aliphatic heterocycles. The Morgan fingerprint density at radius 1 is 1.47 bits per heavy atom. The molecule has 3 N–H and O–H groups in total. The highest BCUT2D eigenvalue weighted by Gasteiger charge is 2.21. The Morgan fingerprint density at radius 3 is 2.58 bits per heavy atom. The number of nitrogens with one attached hydrogen (secondary N) is 2. The number of benzene rings is 1. The molecule has 8 heteroatoms. The summed E-state index contributed by atoms with van der Waals surface area (Å²) in [4.78, 5) is 11.5. The van der Waals surface area contributed by atoms with Crippen molar-refractivity contribution in [3.05, 3.63) is 29.3 Å². The molecule has 0 heterocycles. The lowest BCUT2D eigenvalue weighted by Gasteiger charge is -2.16. The van der Waals surface area contributed by atoms with Crippen LogP contribution in [0.15, 0.2) is 18.2 Å². The Balaban J connectivity index is 2.94. The third kappa shape index (κ3) is 4.92. The van der Waals surface area contributed by atoms with E-state index in [1.807, 2.05) is 5.23 Å². The largest absolute Gasteiger partial charge is 0.508 e. The number of amides is 1. The second-order valence-corrected chi connectivity index (χ2v) is 6.06. The van der Waals surface area contributed by atoms with Crippen LogP contribution in [-0.4, -0.2) is 39.7 Å². The average Bonchev–Trinajstić information content (AvgIpc) is 2.30. The van der Waals surface area contributed by atoms with Gasteiger partial charge in [0.25, 0.3) is 0 Å². The van der Waals surface area contributed by atoms with Crippen LogP contribution < -0.4 is 9.95 Å². The van der Waals surface area contributed by atoms with Crippen molar-refractivity contribution in [2.24, 2.45) is 0 Å². The van der Waals surface area contributed by atoms with E-state index in [0.29, 0.717) is 11.1 Å². The maximum Gasteiger partial charge on any atom is 0.226 e. The number of carbonyl (C=O) groups excluding carboxylic acids is 1. The zero-order valence-corrected chi connectivity index (χ0v) is 11.5. The fourth-order valence-electron chi connectivity index (χ4n) is 1.63. The molecule has 0 aliphatic rings. The van der Waals surface area contributed by atoms with Crippen molar-refractivity contribution in [1.82, 2.24) is 9.95 Å². The summed E-state index contributed by atoms with van der Waals surface area (Å²) < 4.78 is 24.6. The van der Waals surface area contributed by atoms with Gasteiger partial charge in [-0.3, -0.25) is 4.79 Å². The number of sulfonamides is 1. The number of aryl methyl sites for hydroxylation is 1. The Hall–Kier alpha value is -1.54. The van der Waals surface area contributed by atoms with E-state index in [1.165, 1.54) is 6.07 Å². The maximum atomic E-state index is 11.5. The summed E-state index contributed by atoms with van der Waals surface area (Å²) in [6.07, 6.45) is 1.10. The highest BCUT2D eigenvalue weighted by molar-refractivity contribution is 7.88. The molecule has 1 atom stereocenters. The van der Waals surface area contributed by atoms with E-state index < -0.39 is 22.0 Å². The molecule has 1 aromatic rings. The minimum atomic E-state index is -3.53. The van der Waals surface area contributed by atoms with Crippen molar-refractivity contribution >= 4 is 23.9 Å². The van der Waals surface area contributed by atoms with Gasteiger partial charge in [-0.1, -0.05) is 12.1 Å². The van der Waals surface area contributed by atoms with Crippen LogP contribution in [0.1, 0.15) is 11.1 Å². The van der Waals surface area contributed by atoms with Crippen molar-refractivity contribution in [3.63, 3.8) is 0 Å². The zero-order chi connectivity index (χ0) is 14.6. The smallest absolute Gasteiger partial charge is 0.226 e.